The molecule has 22 heavy (non-hydrogen) atoms. The van der Waals surface area contributed by atoms with E-state index in [9.17, 15) is 19.6 Å². The second kappa shape index (κ2) is 6.32. The van der Waals surface area contributed by atoms with Crippen molar-refractivity contribution >= 4 is 23.2 Å². The van der Waals surface area contributed by atoms with Crippen LogP contribution in [0.2, 0.25) is 0 Å². The zero-order valence-corrected chi connectivity index (χ0v) is 12.2. The third-order valence-electron chi connectivity index (χ3n) is 3.19. The molecule has 0 aromatic heterocycles. The maximum Gasteiger partial charge on any atom is 0.282 e. The molecule has 0 aliphatic carbocycles. The van der Waals surface area contributed by atoms with Crippen LogP contribution in [-0.2, 0) is 0 Å². The van der Waals surface area contributed by atoms with Crippen molar-refractivity contribution in [2.45, 2.75) is 13.8 Å². The number of para-hydroxylation sites is 1. The van der Waals surface area contributed by atoms with Crippen molar-refractivity contribution in [1.29, 1.82) is 0 Å². The summed E-state index contributed by atoms with van der Waals surface area (Å²) >= 11 is 0. The highest BCUT2D eigenvalue weighted by molar-refractivity contribution is 6.08. The molecule has 0 bridgehead atoms. The van der Waals surface area contributed by atoms with E-state index in [2.05, 4.69) is 0 Å². The molecule has 1 amide bonds. The molecule has 0 radical (unpaired) electrons. The van der Waals surface area contributed by atoms with Gasteiger partial charge in [0.15, 0.2) is 11.6 Å². The van der Waals surface area contributed by atoms with Gasteiger partial charge in [-0.1, -0.05) is 18.2 Å². The molecule has 2 aromatic carbocycles. The highest BCUT2D eigenvalue weighted by Gasteiger charge is 2.18. The number of benzene rings is 2. The highest BCUT2D eigenvalue weighted by Crippen LogP contribution is 2.18. The zero-order valence-electron chi connectivity index (χ0n) is 12.2. The summed E-state index contributed by atoms with van der Waals surface area (Å²) in [4.78, 5) is 35.4. The van der Waals surface area contributed by atoms with Gasteiger partial charge in [-0.25, -0.2) is 0 Å². The van der Waals surface area contributed by atoms with E-state index in [0.29, 0.717) is 10.8 Å². The normalized spacial score (nSPS) is 10.1. The van der Waals surface area contributed by atoms with Crippen LogP contribution >= 0.6 is 0 Å². The molecule has 2 aromatic rings. The Kier molecular flexibility index (Phi) is 4.48. The average Bonchev–Trinajstić information content (AvgIpc) is 2.53. The van der Waals surface area contributed by atoms with Gasteiger partial charge in [0.25, 0.3) is 5.91 Å². The molecular weight excluding hydrogens is 282 g/mol. The fourth-order valence-electron chi connectivity index (χ4n) is 1.97. The van der Waals surface area contributed by atoms with E-state index in [1.807, 2.05) is 0 Å². The van der Waals surface area contributed by atoms with Gasteiger partial charge in [0.1, 0.15) is 0 Å². The van der Waals surface area contributed by atoms with Crippen LogP contribution in [0.1, 0.15) is 44.9 Å². The van der Waals surface area contributed by atoms with Gasteiger partial charge in [-0.05, 0) is 44.2 Å². The van der Waals surface area contributed by atoms with Crippen LogP contribution in [0.15, 0.2) is 48.5 Å². The van der Waals surface area contributed by atoms with E-state index in [1.165, 1.54) is 32.0 Å². The number of carbonyl (C=O) groups excluding carboxylic acids is 3. The Morgan fingerprint density at radius 3 is 1.73 bits per heavy atom. The SMILES string of the molecule is CC(=O)c1cc(C(C)=O)cc(C(=O)N(O)c2ccccc2)c1. The molecule has 0 saturated carbocycles. The van der Waals surface area contributed by atoms with Gasteiger partial charge in [0.05, 0.1) is 5.69 Å². The van der Waals surface area contributed by atoms with Crippen molar-refractivity contribution in [2.75, 3.05) is 5.06 Å². The van der Waals surface area contributed by atoms with E-state index in [-0.39, 0.29) is 28.3 Å². The molecular formula is C17H15NO4. The Bertz CT molecular complexity index is 705. The number of nitrogens with zero attached hydrogens (tertiary/aromatic N) is 1. The van der Waals surface area contributed by atoms with Crippen LogP contribution in [0, 0.1) is 0 Å². The van der Waals surface area contributed by atoms with E-state index in [4.69, 9.17) is 0 Å². The van der Waals surface area contributed by atoms with Gasteiger partial charge >= 0.3 is 0 Å². The lowest BCUT2D eigenvalue weighted by Crippen LogP contribution is -2.27. The molecule has 5 nitrogen and oxygen atoms in total. The van der Waals surface area contributed by atoms with Crippen molar-refractivity contribution in [3.05, 3.63) is 65.2 Å². The van der Waals surface area contributed by atoms with Crippen LogP contribution in [0.3, 0.4) is 0 Å². The number of anilines is 1. The first kappa shape index (κ1) is 15.6. The smallest absolute Gasteiger partial charge is 0.282 e. The molecule has 0 atom stereocenters. The minimum atomic E-state index is -0.711. The number of Topliss-reactive ketones (excluding diaryl/α,β-unsaturated/α-hetero) is 2. The van der Waals surface area contributed by atoms with Crippen LogP contribution < -0.4 is 5.06 Å². The quantitative estimate of drug-likeness (QED) is 0.534. The first-order valence-corrected chi connectivity index (χ1v) is 6.65. The predicted molar refractivity (Wildman–Crippen MR) is 81.5 cm³/mol. The number of ketones is 2. The Hall–Kier alpha value is -2.79. The average molecular weight is 297 g/mol. The molecule has 0 saturated heterocycles. The Balaban J connectivity index is 2.45. The number of rotatable bonds is 4. The van der Waals surface area contributed by atoms with Gasteiger partial charge in [-0.15, -0.1) is 0 Å². The van der Waals surface area contributed by atoms with Crippen molar-refractivity contribution in [2.24, 2.45) is 0 Å². The first-order chi connectivity index (χ1) is 10.4. The number of hydroxylamine groups is 1. The second-order valence-corrected chi connectivity index (χ2v) is 4.86. The van der Waals surface area contributed by atoms with Gasteiger partial charge in [-0.2, -0.15) is 5.06 Å². The fraction of sp³-hybridized carbons (Fsp3) is 0.118. The summed E-state index contributed by atoms with van der Waals surface area (Å²) < 4.78 is 0. The Labute approximate surface area is 127 Å². The van der Waals surface area contributed by atoms with Gasteiger partial charge in [0.2, 0.25) is 0 Å². The molecule has 2 rings (SSSR count). The summed E-state index contributed by atoms with van der Waals surface area (Å²) in [7, 11) is 0. The molecule has 0 fully saturated rings. The lowest BCUT2D eigenvalue weighted by molar-refractivity contribution is 0.0854. The third-order valence-corrected chi connectivity index (χ3v) is 3.19. The zero-order chi connectivity index (χ0) is 16.3. The van der Waals surface area contributed by atoms with Gasteiger partial charge < -0.3 is 0 Å². The van der Waals surface area contributed by atoms with Crippen molar-refractivity contribution in [1.82, 2.24) is 0 Å². The maximum absolute atomic E-state index is 12.3. The molecule has 0 unspecified atom stereocenters. The minimum Gasteiger partial charge on any atom is -0.295 e. The van der Waals surface area contributed by atoms with E-state index in [1.54, 1.807) is 30.3 Å². The Morgan fingerprint density at radius 2 is 1.27 bits per heavy atom. The van der Waals surface area contributed by atoms with Crippen molar-refractivity contribution in [3.63, 3.8) is 0 Å². The summed E-state index contributed by atoms with van der Waals surface area (Å²) in [6.45, 7) is 2.70. The third kappa shape index (κ3) is 3.27. The second-order valence-electron chi connectivity index (χ2n) is 4.86. The molecule has 0 aliphatic rings. The largest absolute Gasteiger partial charge is 0.295 e. The van der Waals surface area contributed by atoms with E-state index >= 15 is 0 Å². The van der Waals surface area contributed by atoms with Crippen LogP contribution in [-0.4, -0.2) is 22.7 Å². The molecule has 0 heterocycles. The fourth-order valence-corrected chi connectivity index (χ4v) is 1.97. The van der Waals surface area contributed by atoms with Gasteiger partial charge in [-0.3, -0.25) is 19.6 Å². The topological polar surface area (TPSA) is 74.7 Å². The number of hydrogen-bond donors (Lipinski definition) is 1. The highest BCUT2D eigenvalue weighted by atomic mass is 16.5. The van der Waals surface area contributed by atoms with Crippen molar-refractivity contribution < 1.29 is 19.6 Å². The van der Waals surface area contributed by atoms with Gasteiger partial charge in [0, 0.05) is 16.7 Å². The lowest BCUT2D eigenvalue weighted by Gasteiger charge is -2.15. The van der Waals surface area contributed by atoms with Crippen LogP contribution in [0.5, 0.6) is 0 Å². The number of amides is 1. The molecule has 0 spiro atoms. The maximum atomic E-state index is 12.3. The standard InChI is InChI=1S/C17H15NO4/c1-11(19)13-8-14(12(2)20)10-15(9-13)17(21)18(22)16-6-4-3-5-7-16/h3-10,22H,1-2H3. The summed E-state index contributed by atoms with van der Waals surface area (Å²) in [6.07, 6.45) is 0. The minimum absolute atomic E-state index is 0.0734. The molecule has 1 N–H and O–H groups in total. The summed E-state index contributed by atoms with van der Waals surface area (Å²) in [5, 5.41) is 10.5. The van der Waals surface area contributed by atoms with Crippen molar-refractivity contribution in [3.8, 4) is 0 Å². The van der Waals surface area contributed by atoms with Crippen LogP contribution in [0.25, 0.3) is 0 Å². The van der Waals surface area contributed by atoms with Crippen LogP contribution in [0.4, 0.5) is 5.69 Å². The predicted octanol–water partition coefficient (Wildman–Crippen LogP) is 3.13. The molecule has 112 valence electrons. The first-order valence-electron chi connectivity index (χ1n) is 6.65. The molecule has 5 heteroatoms. The van der Waals surface area contributed by atoms with E-state index < -0.39 is 5.91 Å². The lowest BCUT2D eigenvalue weighted by atomic mass is 10.0. The molecule has 0 aliphatic heterocycles. The summed E-state index contributed by atoms with van der Waals surface area (Å²) in [5.74, 6) is -1.24. The number of hydrogen-bond acceptors (Lipinski definition) is 4. The summed E-state index contributed by atoms with van der Waals surface area (Å²) in [5.41, 5.74) is 0.865. The van der Waals surface area contributed by atoms with E-state index in [0.717, 1.165) is 0 Å². The Morgan fingerprint density at radius 1 is 0.818 bits per heavy atom. The monoisotopic (exact) mass is 297 g/mol. The number of carbonyl (C=O) groups is 3. The summed E-state index contributed by atoms with van der Waals surface area (Å²) in [6, 6.07) is 12.4.